The molecule has 3 heteroatoms. The summed E-state index contributed by atoms with van der Waals surface area (Å²) in [5.41, 5.74) is 5.23. The predicted molar refractivity (Wildman–Crippen MR) is 122 cm³/mol. The second-order valence-corrected chi connectivity index (χ2v) is 8.41. The maximum Gasteiger partial charge on any atom is 0.0704 e. The summed E-state index contributed by atoms with van der Waals surface area (Å²) in [6.45, 7) is 6.81. The van der Waals surface area contributed by atoms with E-state index in [1.54, 1.807) is 0 Å². The zero-order valence-corrected chi connectivity index (χ0v) is 17.6. The largest absolute Gasteiger partial charge is 0.314 e. The minimum absolute atomic E-state index is 0.687. The third-order valence-corrected chi connectivity index (χ3v) is 6.16. The molecule has 1 aliphatic rings. The first-order valence-corrected chi connectivity index (χ1v) is 11.1. The lowest BCUT2D eigenvalue weighted by molar-refractivity contribution is 0.200. The second kappa shape index (κ2) is 10.00. The summed E-state index contributed by atoms with van der Waals surface area (Å²) in [5.74, 6) is 0. The number of aryl methyl sites for hydroxylation is 2. The van der Waals surface area contributed by atoms with Crippen LogP contribution in [-0.2, 0) is 12.8 Å². The predicted octanol–water partition coefficient (Wildman–Crippen LogP) is 4.77. The van der Waals surface area contributed by atoms with E-state index >= 15 is 0 Å². The maximum atomic E-state index is 4.58. The van der Waals surface area contributed by atoms with Crippen molar-refractivity contribution in [3.63, 3.8) is 0 Å². The lowest BCUT2D eigenvalue weighted by atomic mass is 10.0. The molecule has 152 valence electrons. The second-order valence-electron chi connectivity index (χ2n) is 8.41. The van der Waals surface area contributed by atoms with Crippen LogP contribution in [0.5, 0.6) is 0 Å². The Morgan fingerprint density at radius 3 is 2.66 bits per heavy atom. The average Bonchev–Trinajstić information content (AvgIpc) is 2.77. The van der Waals surface area contributed by atoms with Gasteiger partial charge in [-0.15, -0.1) is 0 Å². The van der Waals surface area contributed by atoms with Gasteiger partial charge in [0.25, 0.3) is 0 Å². The molecule has 0 atom stereocenters. The fourth-order valence-electron chi connectivity index (χ4n) is 4.42. The Morgan fingerprint density at radius 2 is 1.83 bits per heavy atom. The third-order valence-electron chi connectivity index (χ3n) is 6.16. The highest BCUT2D eigenvalue weighted by Gasteiger charge is 2.18. The summed E-state index contributed by atoms with van der Waals surface area (Å²) in [6.07, 6.45) is 8.00. The number of rotatable bonds is 8. The van der Waals surface area contributed by atoms with Gasteiger partial charge in [-0.2, -0.15) is 0 Å². The van der Waals surface area contributed by atoms with E-state index in [-0.39, 0.29) is 0 Å². The van der Waals surface area contributed by atoms with Crippen molar-refractivity contribution >= 4 is 10.9 Å². The van der Waals surface area contributed by atoms with E-state index in [1.807, 2.05) is 6.20 Å². The van der Waals surface area contributed by atoms with Crippen LogP contribution in [0.1, 0.15) is 36.0 Å². The first-order chi connectivity index (χ1) is 14.3. The summed E-state index contributed by atoms with van der Waals surface area (Å²) in [6, 6.07) is 20.3. The summed E-state index contributed by atoms with van der Waals surface area (Å²) < 4.78 is 0. The third kappa shape index (κ3) is 5.65. The number of pyridine rings is 1. The molecule has 2 heterocycles. The molecule has 0 saturated carbocycles. The highest BCUT2D eigenvalue weighted by molar-refractivity contribution is 5.82. The fourth-order valence-corrected chi connectivity index (χ4v) is 4.42. The van der Waals surface area contributed by atoms with Crippen LogP contribution in [0.25, 0.3) is 10.9 Å². The van der Waals surface area contributed by atoms with Gasteiger partial charge in [0.15, 0.2) is 0 Å². The van der Waals surface area contributed by atoms with Gasteiger partial charge < -0.3 is 10.2 Å². The molecule has 4 rings (SSSR count). The molecule has 2 aromatic carbocycles. The molecular weight excluding hydrogens is 354 g/mol. The average molecular weight is 388 g/mol. The van der Waals surface area contributed by atoms with Crippen LogP contribution in [0, 0.1) is 6.92 Å². The summed E-state index contributed by atoms with van der Waals surface area (Å²) in [7, 11) is 0. The van der Waals surface area contributed by atoms with Gasteiger partial charge in [0.05, 0.1) is 5.52 Å². The molecular formula is C26H33N3. The lowest BCUT2D eigenvalue weighted by Crippen LogP contribution is -2.43. The number of aromatic nitrogens is 1. The van der Waals surface area contributed by atoms with Crippen molar-refractivity contribution in [1.82, 2.24) is 15.2 Å². The zero-order valence-electron chi connectivity index (χ0n) is 17.6. The van der Waals surface area contributed by atoms with Crippen LogP contribution in [0.3, 0.4) is 0 Å². The van der Waals surface area contributed by atoms with Gasteiger partial charge in [0.1, 0.15) is 0 Å². The molecule has 0 aliphatic carbocycles. The Hall–Kier alpha value is -2.23. The number of nitrogens with zero attached hydrogens (tertiary/aromatic N) is 2. The van der Waals surface area contributed by atoms with Gasteiger partial charge in [-0.3, -0.25) is 4.98 Å². The van der Waals surface area contributed by atoms with Crippen molar-refractivity contribution in [1.29, 1.82) is 0 Å². The molecule has 1 saturated heterocycles. The number of likely N-dealkylation sites (tertiary alicyclic amines) is 1. The summed E-state index contributed by atoms with van der Waals surface area (Å²) in [5, 5.41) is 5.10. The molecule has 3 nitrogen and oxygen atoms in total. The van der Waals surface area contributed by atoms with Crippen LogP contribution < -0.4 is 5.32 Å². The minimum Gasteiger partial charge on any atom is -0.314 e. The fraction of sp³-hybridized carbons (Fsp3) is 0.423. The highest BCUT2D eigenvalue weighted by atomic mass is 15.1. The van der Waals surface area contributed by atoms with E-state index in [9.17, 15) is 0 Å². The topological polar surface area (TPSA) is 28.2 Å². The Bertz CT molecular complexity index is 898. The van der Waals surface area contributed by atoms with Gasteiger partial charge in [0, 0.05) is 24.2 Å². The van der Waals surface area contributed by atoms with Crippen molar-refractivity contribution in [2.24, 2.45) is 0 Å². The van der Waals surface area contributed by atoms with Gasteiger partial charge >= 0.3 is 0 Å². The van der Waals surface area contributed by atoms with Crippen molar-refractivity contribution in [2.45, 2.75) is 45.1 Å². The van der Waals surface area contributed by atoms with Crippen molar-refractivity contribution < 1.29 is 0 Å². The molecule has 0 spiro atoms. The van der Waals surface area contributed by atoms with E-state index in [0.717, 1.165) is 25.0 Å². The molecule has 29 heavy (non-hydrogen) atoms. The molecule has 0 unspecified atom stereocenters. The number of piperidine rings is 1. The van der Waals surface area contributed by atoms with Gasteiger partial charge in [-0.05, 0) is 87.5 Å². The quantitative estimate of drug-likeness (QED) is 0.564. The van der Waals surface area contributed by atoms with E-state index in [2.05, 4.69) is 76.7 Å². The molecule has 0 radical (unpaired) electrons. The maximum absolute atomic E-state index is 4.58. The molecule has 1 fully saturated rings. The van der Waals surface area contributed by atoms with Crippen LogP contribution in [-0.4, -0.2) is 42.1 Å². The smallest absolute Gasteiger partial charge is 0.0704 e. The number of nitrogens with one attached hydrogen (secondary N) is 1. The molecule has 0 amide bonds. The Kier molecular flexibility index (Phi) is 6.91. The van der Waals surface area contributed by atoms with E-state index in [0.29, 0.717) is 6.04 Å². The Balaban J connectivity index is 1.18. The summed E-state index contributed by atoms with van der Waals surface area (Å²) in [4.78, 5) is 7.21. The van der Waals surface area contributed by atoms with Crippen LogP contribution in [0.2, 0.25) is 0 Å². The number of hydrogen-bond donors (Lipinski definition) is 1. The first-order valence-electron chi connectivity index (χ1n) is 11.1. The molecule has 0 bridgehead atoms. The van der Waals surface area contributed by atoms with E-state index in [1.165, 1.54) is 60.8 Å². The van der Waals surface area contributed by atoms with Crippen LogP contribution >= 0.6 is 0 Å². The van der Waals surface area contributed by atoms with Gasteiger partial charge in [0.2, 0.25) is 0 Å². The first kappa shape index (κ1) is 20.1. The van der Waals surface area contributed by atoms with E-state index in [4.69, 9.17) is 0 Å². The molecule has 1 aliphatic heterocycles. The Morgan fingerprint density at radius 1 is 1.00 bits per heavy atom. The standard InChI is InChI=1S/C26H33N3/c1-21-19-25-23(10-5-11-26(25)28-20-21)12-16-29-17-13-24(14-18-29)27-15-6-9-22-7-3-2-4-8-22/h2-5,7-8,10-11,19-20,24,27H,6,9,12-18H2,1H3. The monoisotopic (exact) mass is 387 g/mol. The molecule has 1 aromatic heterocycles. The Labute approximate surface area is 175 Å². The van der Waals surface area contributed by atoms with Crippen molar-refractivity contribution in [3.05, 3.63) is 77.5 Å². The molecule has 1 N–H and O–H groups in total. The van der Waals surface area contributed by atoms with Crippen LogP contribution in [0.15, 0.2) is 60.8 Å². The zero-order chi connectivity index (χ0) is 19.9. The summed E-state index contributed by atoms with van der Waals surface area (Å²) >= 11 is 0. The minimum atomic E-state index is 0.687. The van der Waals surface area contributed by atoms with E-state index < -0.39 is 0 Å². The highest BCUT2D eigenvalue weighted by Crippen LogP contribution is 2.20. The molecule has 3 aromatic rings. The SMILES string of the molecule is Cc1cnc2cccc(CCN3CCC(NCCCc4ccccc4)CC3)c2c1. The number of fused-ring (bicyclic) bond motifs is 1. The normalized spacial score (nSPS) is 15.8. The number of benzene rings is 2. The number of hydrogen-bond acceptors (Lipinski definition) is 3. The lowest BCUT2D eigenvalue weighted by Gasteiger charge is -2.32. The van der Waals surface area contributed by atoms with Crippen molar-refractivity contribution in [2.75, 3.05) is 26.2 Å². The van der Waals surface area contributed by atoms with Crippen molar-refractivity contribution in [3.8, 4) is 0 Å². The van der Waals surface area contributed by atoms with Gasteiger partial charge in [-0.25, -0.2) is 0 Å². The van der Waals surface area contributed by atoms with Gasteiger partial charge in [-0.1, -0.05) is 42.5 Å². The van der Waals surface area contributed by atoms with Crippen LogP contribution in [0.4, 0.5) is 0 Å².